The van der Waals surface area contributed by atoms with Crippen LogP contribution in [-0.4, -0.2) is 15.7 Å². The van der Waals surface area contributed by atoms with Crippen molar-refractivity contribution in [1.29, 1.82) is 0 Å². The van der Waals surface area contributed by atoms with Crippen molar-refractivity contribution in [2.45, 2.75) is 19.5 Å². The van der Waals surface area contributed by atoms with Gasteiger partial charge in [-0.3, -0.25) is 9.48 Å². The first-order chi connectivity index (χ1) is 9.08. The quantitative estimate of drug-likeness (QED) is 0.850. The number of benzene rings is 1. The van der Waals surface area contributed by atoms with Crippen LogP contribution in [0, 0.1) is 0 Å². The van der Waals surface area contributed by atoms with E-state index in [1.54, 1.807) is 12.3 Å². The lowest BCUT2D eigenvalue weighted by molar-refractivity contribution is 0.1000. The number of carbonyl (C=O) groups excluding carboxylic acids is 1. The summed E-state index contributed by atoms with van der Waals surface area (Å²) >= 11 is 0. The molecule has 3 N–H and O–H groups in total. The van der Waals surface area contributed by atoms with Gasteiger partial charge < -0.3 is 11.1 Å². The number of aryl methyl sites for hydroxylation is 1. The van der Waals surface area contributed by atoms with E-state index in [-0.39, 0.29) is 6.04 Å². The highest BCUT2D eigenvalue weighted by molar-refractivity contribution is 5.92. The van der Waals surface area contributed by atoms with Crippen LogP contribution in [0.3, 0.4) is 0 Å². The molecule has 2 aromatic rings. The maximum absolute atomic E-state index is 11.1. The number of hydrogen-bond acceptors (Lipinski definition) is 3. The lowest BCUT2D eigenvalue weighted by atomic mass is 10.1. The molecule has 0 aliphatic heterocycles. The zero-order chi connectivity index (χ0) is 13.8. The summed E-state index contributed by atoms with van der Waals surface area (Å²) in [4.78, 5) is 11.1. The highest BCUT2D eigenvalue weighted by Gasteiger charge is 2.09. The molecule has 1 heterocycles. The Kier molecular flexibility index (Phi) is 3.97. The Bertz CT molecular complexity index is 576. The number of carbonyl (C=O) groups is 1. The summed E-state index contributed by atoms with van der Waals surface area (Å²) < 4.78 is 1.84. The minimum atomic E-state index is -0.401. The Morgan fingerprint density at radius 2 is 2.26 bits per heavy atom. The summed E-state index contributed by atoms with van der Waals surface area (Å²) in [6.45, 7) is 2.75. The number of aromatic nitrogens is 2. The van der Waals surface area contributed by atoms with E-state index in [1.807, 2.05) is 36.0 Å². The maximum Gasteiger partial charge on any atom is 0.248 e. The van der Waals surface area contributed by atoms with E-state index in [0.29, 0.717) is 12.1 Å². The highest BCUT2D eigenvalue weighted by Crippen LogP contribution is 2.12. The molecule has 5 heteroatoms. The fraction of sp³-hybridized carbons (Fsp3) is 0.286. The summed E-state index contributed by atoms with van der Waals surface area (Å²) in [7, 11) is 1.92. The molecule has 0 radical (unpaired) electrons. The van der Waals surface area contributed by atoms with Crippen molar-refractivity contribution in [3.05, 3.63) is 53.3 Å². The van der Waals surface area contributed by atoms with Gasteiger partial charge in [-0.2, -0.15) is 5.10 Å². The number of nitrogens with zero attached hydrogens (tertiary/aromatic N) is 2. The van der Waals surface area contributed by atoms with Crippen molar-refractivity contribution in [2.24, 2.45) is 12.8 Å². The molecule has 0 aliphatic rings. The van der Waals surface area contributed by atoms with Crippen LogP contribution in [0.15, 0.2) is 36.5 Å². The Morgan fingerprint density at radius 3 is 2.89 bits per heavy atom. The van der Waals surface area contributed by atoms with Gasteiger partial charge in [0.2, 0.25) is 5.91 Å². The normalized spacial score (nSPS) is 12.3. The first-order valence-electron chi connectivity index (χ1n) is 6.18. The third-order valence-electron chi connectivity index (χ3n) is 3.13. The third-order valence-corrected chi connectivity index (χ3v) is 3.13. The maximum atomic E-state index is 11.1. The minimum Gasteiger partial charge on any atom is -0.366 e. The van der Waals surface area contributed by atoms with E-state index in [4.69, 9.17) is 5.73 Å². The second kappa shape index (κ2) is 5.67. The molecule has 2 rings (SSSR count). The number of amides is 1. The van der Waals surface area contributed by atoms with Crippen molar-refractivity contribution in [2.75, 3.05) is 0 Å². The fourth-order valence-electron chi connectivity index (χ4n) is 2.02. The minimum absolute atomic E-state index is 0.185. The zero-order valence-corrected chi connectivity index (χ0v) is 11.1. The van der Waals surface area contributed by atoms with Gasteiger partial charge in [-0.25, -0.2) is 0 Å². The average Bonchev–Trinajstić information content (AvgIpc) is 2.82. The van der Waals surface area contributed by atoms with Crippen LogP contribution in [0.4, 0.5) is 0 Å². The van der Waals surface area contributed by atoms with Crippen LogP contribution in [0.5, 0.6) is 0 Å². The van der Waals surface area contributed by atoms with Gasteiger partial charge in [0.25, 0.3) is 0 Å². The predicted molar refractivity (Wildman–Crippen MR) is 73.4 cm³/mol. The summed E-state index contributed by atoms with van der Waals surface area (Å²) in [5.41, 5.74) is 7.95. The molecule has 0 aliphatic carbocycles. The SMILES string of the molecule is CC(NCc1cccc(C(N)=O)c1)c1ccnn1C. The van der Waals surface area contributed by atoms with Crippen molar-refractivity contribution < 1.29 is 4.79 Å². The zero-order valence-electron chi connectivity index (χ0n) is 11.1. The third kappa shape index (κ3) is 3.20. The molecule has 19 heavy (non-hydrogen) atoms. The van der Waals surface area contributed by atoms with Crippen LogP contribution in [-0.2, 0) is 13.6 Å². The van der Waals surface area contributed by atoms with Crippen LogP contribution in [0.2, 0.25) is 0 Å². The number of primary amides is 1. The van der Waals surface area contributed by atoms with Gasteiger partial charge in [0.1, 0.15) is 0 Å². The molecule has 1 aromatic heterocycles. The van der Waals surface area contributed by atoms with E-state index < -0.39 is 5.91 Å². The average molecular weight is 258 g/mol. The lowest BCUT2D eigenvalue weighted by Crippen LogP contribution is -2.21. The number of hydrogen-bond donors (Lipinski definition) is 2. The molecular formula is C14H18N4O. The molecule has 1 atom stereocenters. The fourth-order valence-corrected chi connectivity index (χ4v) is 2.02. The van der Waals surface area contributed by atoms with E-state index >= 15 is 0 Å². The summed E-state index contributed by atoms with van der Waals surface area (Å²) in [5, 5.41) is 7.54. The van der Waals surface area contributed by atoms with Gasteiger partial charge in [-0.1, -0.05) is 12.1 Å². The topological polar surface area (TPSA) is 72.9 Å². The molecule has 5 nitrogen and oxygen atoms in total. The Balaban J connectivity index is 2.01. The van der Waals surface area contributed by atoms with Crippen molar-refractivity contribution >= 4 is 5.91 Å². The van der Waals surface area contributed by atoms with Gasteiger partial charge in [0.05, 0.1) is 5.69 Å². The first kappa shape index (κ1) is 13.3. The van der Waals surface area contributed by atoms with E-state index in [0.717, 1.165) is 11.3 Å². The Labute approximate surface area is 112 Å². The molecule has 0 bridgehead atoms. The largest absolute Gasteiger partial charge is 0.366 e. The number of nitrogens with two attached hydrogens (primary N) is 1. The van der Waals surface area contributed by atoms with Gasteiger partial charge in [0.15, 0.2) is 0 Å². The second-order valence-electron chi connectivity index (χ2n) is 4.55. The molecule has 0 saturated heterocycles. The van der Waals surface area contributed by atoms with Gasteiger partial charge in [-0.05, 0) is 30.7 Å². The molecular weight excluding hydrogens is 240 g/mol. The van der Waals surface area contributed by atoms with E-state index in [9.17, 15) is 4.79 Å². The molecule has 0 saturated carbocycles. The smallest absolute Gasteiger partial charge is 0.248 e. The standard InChI is InChI=1S/C14H18N4O/c1-10(13-6-7-17-18(13)2)16-9-11-4-3-5-12(8-11)14(15)19/h3-8,10,16H,9H2,1-2H3,(H2,15,19). The van der Waals surface area contributed by atoms with Gasteiger partial charge in [0, 0.05) is 31.4 Å². The molecule has 1 unspecified atom stereocenters. The van der Waals surface area contributed by atoms with Crippen LogP contribution in [0.25, 0.3) is 0 Å². The number of rotatable bonds is 5. The van der Waals surface area contributed by atoms with Crippen LogP contribution in [0.1, 0.15) is 34.6 Å². The van der Waals surface area contributed by atoms with Crippen molar-refractivity contribution in [3.63, 3.8) is 0 Å². The molecule has 0 fully saturated rings. The van der Waals surface area contributed by atoms with Crippen LogP contribution < -0.4 is 11.1 Å². The first-order valence-corrected chi connectivity index (χ1v) is 6.18. The molecule has 1 aromatic carbocycles. The summed E-state index contributed by atoms with van der Waals surface area (Å²) in [5.74, 6) is -0.401. The van der Waals surface area contributed by atoms with E-state index in [1.165, 1.54) is 0 Å². The van der Waals surface area contributed by atoms with Crippen molar-refractivity contribution in [3.8, 4) is 0 Å². The lowest BCUT2D eigenvalue weighted by Gasteiger charge is -2.14. The Morgan fingerprint density at radius 1 is 1.47 bits per heavy atom. The van der Waals surface area contributed by atoms with Crippen LogP contribution >= 0.6 is 0 Å². The molecule has 0 spiro atoms. The summed E-state index contributed by atoms with van der Waals surface area (Å²) in [6.07, 6.45) is 1.78. The predicted octanol–water partition coefficient (Wildman–Crippen LogP) is 1.37. The van der Waals surface area contributed by atoms with Crippen molar-refractivity contribution in [1.82, 2.24) is 15.1 Å². The van der Waals surface area contributed by atoms with E-state index in [2.05, 4.69) is 17.3 Å². The second-order valence-corrected chi connectivity index (χ2v) is 4.55. The molecule has 1 amide bonds. The number of nitrogens with one attached hydrogen (secondary N) is 1. The Hall–Kier alpha value is -2.14. The van der Waals surface area contributed by atoms with Gasteiger partial charge in [-0.15, -0.1) is 0 Å². The van der Waals surface area contributed by atoms with Gasteiger partial charge >= 0.3 is 0 Å². The summed E-state index contributed by atoms with van der Waals surface area (Å²) in [6, 6.07) is 9.50. The highest BCUT2D eigenvalue weighted by atomic mass is 16.1. The molecule has 100 valence electrons. The monoisotopic (exact) mass is 258 g/mol.